The van der Waals surface area contributed by atoms with Crippen molar-refractivity contribution >= 4 is 34.4 Å². The Bertz CT molecular complexity index is 487. The van der Waals surface area contributed by atoms with Gasteiger partial charge in [0.15, 0.2) is 5.13 Å². The summed E-state index contributed by atoms with van der Waals surface area (Å²) in [5.41, 5.74) is 0.740. The van der Waals surface area contributed by atoms with Gasteiger partial charge in [-0.25, -0.2) is 14.6 Å². The van der Waals surface area contributed by atoms with E-state index in [1.165, 1.54) is 11.3 Å². The molecule has 0 fully saturated rings. The van der Waals surface area contributed by atoms with Gasteiger partial charge in [0.2, 0.25) is 0 Å². The Kier molecular flexibility index (Phi) is 5.24. The number of esters is 1. The van der Waals surface area contributed by atoms with E-state index in [-0.39, 0.29) is 0 Å². The molecule has 1 aromatic rings. The summed E-state index contributed by atoms with van der Waals surface area (Å²) in [6.45, 7) is 1.76. The van der Waals surface area contributed by atoms with Gasteiger partial charge in [-0.2, -0.15) is 0 Å². The summed E-state index contributed by atoms with van der Waals surface area (Å²) in [6, 6.07) is -2.10. The molecular weight excluding hydrogens is 274 g/mol. The van der Waals surface area contributed by atoms with E-state index < -0.39 is 30.4 Å². The molecule has 9 heteroatoms. The Balaban J connectivity index is 2.56. The minimum Gasteiger partial charge on any atom is -0.480 e. The van der Waals surface area contributed by atoms with Crippen LogP contribution in [0.25, 0.3) is 0 Å². The average molecular weight is 287 g/mol. The third-order valence-electron chi connectivity index (χ3n) is 2.04. The largest absolute Gasteiger partial charge is 0.480 e. The standard InChI is InChI=1S/C10H13N3O5S/c1-5-4-19-10(11-5)13-9(17)12-6(8(15)16)3-7(14)18-2/h4,6H,3H2,1-2H3,(H,15,16)(H2,11,12,13,17)/t6-/m0/s1. The lowest BCUT2D eigenvalue weighted by Crippen LogP contribution is -2.44. The van der Waals surface area contributed by atoms with Crippen molar-refractivity contribution in [3.63, 3.8) is 0 Å². The van der Waals surface area contributed by atoms with E-state index in [1.54, 1.807) is 12.3 Å². The monoisotopic (exact) mass is 287 g/mol. The molecule has 1 atom stereocenters. The summed E-state index contributed by atoms with van der Waals surface area (Å²) >= 11 is 1.21. The second-order valence-electron chi connectivity index (χ2n) is 3.56. The number of carboxylic acid groups (broad SMARTS) is 1. The number of aryl methyl sites for hydroxylation is 1. The summed E-state index contributed by atoms with van der Waals surface area (Å²) in [5, 5.41) is 15.5. The zero-order valence-corrected chi connectivity index (χ0v) is 11.1. The van der Waals surface area contributed by atoms with Crippen molar-refractivity contribution in [2.75, 3.05) is 12.4 Å². The highest BCUT2D eigenvalue weighted by Crippen LogP contribution is 2.14. The first-order chi connectivity index (χ1) is 8.92. The number of nitrogens with zero attached hydrogens (tertiary/aromatic N) is 1. The first-order valence-corrected chi connectivity index (χ1v) is 6.09. The number of amides is 2. The molecule has 1 rings (SSSR count). The Morgan fingerprint density at radius 3 is 2.68 bits per heavy atom. The van der Waals surface area contributed by atoms with E-state index in [0.29, 0.717) is 5.13 Å². The molecule has 0 saturated heterocycles. The fourth-order valence-electron chi connectivity index (χ4n) is 1.15. The third kappa shape index (κ3) is 4.92. The Labute approximate surface area is 112 Å². The molecule has 0 saturated carbocycles. The fourth-order valence-corrected chi connectivity index (χ4v) is 1.84. The van der Waals surface area contributed by atoms with Crippen LogP contribution in [0.15, 0.2) is 5.38 Å². The SMILES string of the molecule is COC(=O)C[C@H](NC(=O)Nc1nc(C)cs1)C(=O)O. The molecule has 0 bridgehead atoms. The molecule has 1 aromatic heterocycles. The molecule has 0 radical (unpaired) electrons. The lowest BCUT2D eigenvalue weighted by atomic mass is 10.2. The zero-order valence-electron chi connectivity index (χ0n) is 10.3. The van der Waals surface area contributed by atoms with E-state index in [0.717, 1.165) is 12.8 Å². The first kappa shape index (κ1) is 14.9. The second kappa shape index (κ2) is 6.69. The fraction of sp³-hybridized carbons (Fsp3) is 0.400. The summed E-state index contributed by atoms with van der Waals surface area (Å²) in [5.74, 6) is -2.05. The van der Waals surface area contributed by atoms with Crippen LogP contribution in [0.1, 0.15) is 12.1 Å². The predicted molar refractivity (Wildman–Crippen MR) is 67.1 cm³/mol. The van der Waals surface area contributed by atoms with E-state index >= 15 is 0 Å². The molecule has 0 aliphatic heterocycles. The van der Waals surface area contributed by atoms with Crippen LogP contribution in [0, 0.1) is 6.92 Å². The lowest BCUT2D eigenvalue weighted by molar-refractivity contribution is -0.147. The van der Waals surface area contributed by atoms with Gasteiger partial charge in [0.1, 0.15) is 6.04 Å². The van der Waals surface area contributed by atoms with E-state index in [4.69, 9.17) is 5.11 Å². The second-order valence-corrected chi connectivity index (χ2v) is 4.42. The Morgan fingerprint density at radius 1 is 1.53 bits per heavy atom. The highest BCUT2D eigenvalue weighted by Gasteiger charge is 2.23. The molecule has 104 valence electrons. The molecule has 19 heavy (non-hydrogen) atoms. The number of hydrogen-bond acceptors (Lipinski definition) is 6. The molecule has 0 aliphatic rings. The van der Waals surface area contributed by atoms with Gasteiger partial charge < -0.3 is 15.2 Å². The summed E-state index contributed by atoms with van der Waals surface area (Å²) in [6.07, 6.45) is -0.448. The number of urea groups is 1. The number of aliphatic carboxylic acids is 1. The minimum atomic E-state index is -1.35. The number of thiazole rings is 1. The van der Waals surface area contributed by atoms with Crippen LogP contribution in [-0.2, 0) is 14.3 Å². The number of anilines is 1. The number of aromatic nitrogens is 1. The lowest BCUT2D eigenvalue weighted by Gasteiger charge is -2.13. The quantitative estimate of drug-likeness (QED) is 0.682. The van der Waals surface area contributed by atoms with Gasteiger partial charge in [0.05, 0.1) is 19.2 Å². The molecule has 0 aromatic carbocycles. The van der Waals surface area contributed by atoms with Crippen LogP contribution in [0.5, 0.6) is 0 Å². The van der Waals surface area contributed by atoms with Crippen molar-refractivity contribution in [1.29, 1.82) is 0 Å². The molecule has 0 unspecified atom stereocenters. The normalized spacial score (nSPS) is 11.5. The van der Waals surface area contributed by atoms with E-state index in [1.807, 2.05) is 0 Å². The van der Waals surface area contributed by atoms with E-state index in [9.17, 15) is 14.4 Å². The van der Waals surface area contributed by atoms with E-state index in [2.05, 4.69) is 20.4 Å². The Morgan fingerprint density at radius 2 is 2.21 bits per heavy atom. The molecule has 8 nitrogen and oxygen atoms in total. The number of ether oxygens (including phenoxy) is 1. The van der Waals surface area contributed by atoms with Crippen LogP contribution in [0.2, 0.25) is 0 Å². The molecular formula is C10H13N3O5S. The van der Waals surface area contributed by atoms with Crippen LogP contribution in [-0.4, -0.2) is 41.2 Å². The number of methoxy groups -OCH3 is 1. The minimum absolute atomic E-state index is 0.345. The van der Waals surface area contributed by atoms with Crippen molar-refractivity contribution in [2.45, 2.75) is 19.4 Å². The van der Waals surface area contributed by atoms with Gasteiger partial charge in [-0.05, 0) is 6.92 Å². The van der Waals surface area contributed by atoms with Gasteiger partial charge in [0.25, 0.3) is 0 Å². The van der Waals surface area contributed by atoms with Gasteiger partial charge in [-0.1, -0.05) is 0 Å². The average Bonchev–Trinajstić information content (AvgIpc) is 2.73. The van der Waals surface area contributed by atoms with Gasteiger partial charge in [0, 0.05) is 5.38 Å². The number of carbonyl (C=O) groups excluding carboxylic acids is 2. The van der Waals surface area contributed by atoms with Gasteiger partial charge in [-0.15, -0.1) is 11.3 Å². The highest BCUT2D eigenvalue weighted by molar-refractivity contribution is 7.13. The van der Waals surface area contributed by atoms with Crippen LogP contribution >= 0.6 is 11.3 Å². The maximum Gasteiger partial charge on any atom is 0.326 e. The molecule has 1 heterocycles. The number of hydrogen-bond donors (Lipinski definition) is 3. The van der Waals surface area contributed by atoms with Crippen molar-refractivity contribution in [3.05, 3.63) is 11.1 Å². The van der Waals surface area contributed by atoms with Crippen molar-refractivity contribution in [1.82, 2.24) is 10.3 Å². The molecule has 0 spiro atoms. The van der Waals surface area contributed by atoms with Crippen LogP contribution in [0.3, 0.4) is 0 Å². The van der Waals surface area contributed by atoms with Gasteiger partial charge in [-0.3, -0.25) is 10.1 Å². The van der Waals surface area contributed by atoms with Gasteiger partial charge >= 0.3 is 18.0 Å². The summed E-state index contributed by atoms with van der Waals surface area (Å²) in [4.78, 5) is 37.4. The maximum atomic E-state index is 11.5. The topological polar surface area (TPSA) is 118 Å². The maximum absolute atomic E-state index is 11.5. The van der Waals surface area contributed by atoms with Crippen molar-refractivity contribution in [2.24, 2.45) is 0 Å². The van der Waals surface area contributed by atoms with Crippen molar-refractivity contribution < 1.29 is 24.2 Å². The first-order valence-electron chi connectivity index (χ1n) is 5.21. The summed E-state index contributed by atoms with van der Waals surface area (Å²) < 4.78 is 4.35. The number of carboxylic acids is 1. The molecule has 0 aliphatic carbocycles. The summed E-state index contributed by atoms with van der Waals surface area (Å²) in [7, 11) is 1.14. The number of carbonyl (C=O) groups is 3. The number of nitrogens with one attached hydrogen (secondary N) is 2. The number of rotatable bonds is 5. The zero-order chi connectivity index (χ0) is 14.4. The van der Waals surface area contributed by atoms with Crippen LogP contribution < -0.4 is 10.6 Å². The predicted octanol–water partition coefficient (Wildman–Crippen LogP) is 0.589. The highest BCUT2D eigenvalue weighted by atomic mass is 32.1. The smallest absolute Gasteiger partial charge is 0.326 e. The molecule has 3 N–H and O–H groups in total. The third-order valence-corrected chi connectivity index (χ3v) is 2.92. The van der Waals surface area contributed by atoms with Crippen LogP contribution in [0.4, 0.5) is 9.93 Å². The molecule has 2 amide bonds. The van der Waals surface area contributed by atoms with Crippen molar-refractivity contribution in [3.8, 4) is 0 Å². The Hall–Kier alpha value is -2.16.